The van der Waals surface area contributed by atoms with Crippen molar-refractivity contribution in [2.75, 3.05) is 18.6 Å². The third-order valence-electron chi connectivity index (χ3n) is 3.80. The van der Waals surface area contributed by atoms with Crippen LogP contribution < -0.4 is 5.32 Å². The molecule has 0 aliphatic carbocycles. The van der Waals surface area contributed by atoms with Gasteiger partial charge in [-0.15, -0.1) is 0 Å². The highest BCUT2D eigenvalue weighted by atomic mass is 32.2. The fourth-order valence-corrected chi connectivity index (χ4v) is 4.11. The molecule has 142 valence electrons. The molecule has 5 N–H and O–H groups in total. The number of aliphatic hydroxyl groups excluding tert-OH is 3. The number of sulfone groups is 1. The van der Waals surface area contributed by atoms with Crippen LogP contribution in [0.25, 0.3) is 0 Å². The molecule has 0 aromatic rings. The molecule has 24 heavy (non-hydrogen) atoms. The molecule has 1 rings (SSSR count). The summed E-state index contributed by atoms with van der Waals surface area (Å²) in [5, 5.41) is 40.2. The average Bonchev–Trinajstić information content (AvgIpc) is 2.45. The van der Waals surface area contributed by atoms with Gasteiger partial charge in [-0.3, -0.25) is 0 Å². The molecule has 0 saturated carbocycles. The maximum atomic E-state index is 12.2. The summed E-state index contributed by atoms with van der Waals surface area (Å²) in [6.45, 7) is 3.09. The fourth-order valence-electron chi connectivity index (χ4n) is 2.35. The van der Waals surface area contributed by atoms with E-state index in [4.69, 9.17) is 14.6 Å². The maximum absolute atomic E-state index is 12.2. The van der Waals surface area contributed by atoms with Crippen LogP contribution in [0.5, 0.6) is 0 Å². The first kappa shape index (κ1) is 21.1. The largest absolute Gasteiger partial charge is 0.465 e. The maximum Gasteiger partial charge on any atom is 0.405 e. The smallest absolute Gasteiger partial charge is 0.405 e. The van der Waals surface area contributed by atoms with Crippen LogP contribution in [0.1, 0.15) is 20.3 Å². The van der Waals surface area contributed by atoms with Crippen molar-refractivity contribution in [3.05, 3.63) is 0 Å². The van der Waals surface area contributed by atoms with Crippen molar-refractivity contribution in [2.45, 2.75) is 56.5 Å². The summed E-state index contributed by atoms with van der Waals surface area (Å²) in [6.07, 6.45) is -8.46. The van der Waals surface area contributed by atoms with E-state index in [-0.39, 0.29) is 12.2 Å². The predicted octanol–water partition coefficient (Wildman–Crippen LogP) is -1.71. The molecule has 0 aromatic heterocycles. The monoisotopic (exact) mass is 371 g/mol. The van der Waals surface area contributed by atoms with Crippen LogP contribution in [0.2, 0.25) is 0 Å². The second kappa shape index (κ2) is 7.93. The van der Waals surface area contributed by atoms with E-state index in [2.05, 4.69) is 5.32 Å². The molecule has 5 atom stereocenters. The molecule has 0 bridgehead atoms. The predicted molar refractivity (Wildman–Crippen MR) is 82.2 cm³/mol. The summed E-state index contributed by atoms with van der Waals surface area (Å²) in [6, 6.07) is 0. The molecule has 10 nitrogen and oxygen atoms in total. The quantitative estimate of drug-likeness (QED) is 0.351. The van der Waals surface area contributed by atoms with Gasteiger partial charge in [0.25, 0.3) is 0 Å². The molecule has 1 amide bonds. The van der Waals surface area contributed by atoms with Crippen molar-refractivity contribution in [3.63, 3.8) is 0 Å². The Balaban J connectivity index is 2.70. The van der Waals surface area contributed by atoms with Crippen LogP contribution in [0.4, 0.5) is 4.79 Å². The van der Waals surface area contributed by atoms with E-state index in [9.17, 15) is 28.5 Å². The molecule has 0 unspecified atom stereocenters. The Morgan fingerprint density at radius 1 is 1.21 bits per heavy atom. The highest BCUT2D eigenvalue weighted by Crippen LogP contribution is 2.23. The van der Waals surface area contributed by atoms with Crippen LogP contribution in [-0.2, 0) is 19.3 Å². The van der Waals surface area contributed by atoms with Crippen LogP contribution in [0.3, 0.4) is 0 Å². The van der Waals surface area contributed by atoms with Crippen LogP contribution in [0.15, 0.2) is 0 Å². The minimum atomic E-state index is -3.72. The van der Waals surface area contributed by atoms with E-state index in [1.165, 1.54) is 7.11 Å². The van der Waals surface area contributed by atoms with Crippen molar-refractivity contribution >= 4 is 15.9 Å². The SMILES string of the molecule is CO[C@H]1O[C@H](CS(=O)(=O)CCC(C)(C)NC(=O)O)[C@H](O)[C@H](O)[C@H]1O. The highest BCUT2D eigenvalue weighted by molar-refractivity contribution is 7.91. The van der Waals surface area contributed by atoms with E-state index in [1.807, 2.05) is 0 Å². The number of amides is 1. The molecule has 1 fully saturated rings. The van der Waals surface area contributed by atoms with E-state index in [0.717, 1.165) is 0 Å². The van der Waals surface area contributed by atoms with E-state index < -0.39 is 57.9 Å². The molecule has 11 heteroatoms. The van der Waals surface area contributed by atoms with Gasteiger partial charge in [-0.05, 0) is 20.3 Å². The number of rotatable bonds is 7. The zero-order valence-corrected chi connectivity index (χ0v) is 14.6. The number of ether oxygens (including phenoxy) is 2. The van der Waals surface area contributed by atoms with Gasteiger partial charge in [-0.1, -0.05) is 0 Å². The average molecular weight is 371 g/mol. The van der Waals surface area contributed by atoms with Crippen molar-refractivity contribution < 1.29 is 43.1 Å². The molecule has 0 aromatic carbocycles. The van der Waals surface area contributed by atoms with Crippen molar-refractivity contribution in [3.8, 4) is 0 Å². The molecular formula is C13H25NO9S. The minimum absolute atomic E-state index is 0.0172. The zero-order chi connectivity index (χ0) is 18.7. The number of methoxy groups -OCH3 is 1. The van der Waals surface area contributed by atoms with Gasteiger partial charge < -0.3 is 35.2 Å². The fraction of sp³-hybridized carbons (Fsp3) is 0.923. The second-order valence-corrected chi connectivity index (χ2v) is 8.66. The van der Waals surface area contributed by atoms with Gasteiger partial charge in [0.2, 0.25) is 0 Å². The van der Waals surface area contributed by atoms with E-state index in [1.54, 1.807) is 13.8 Å². The van der Waals surface area contributed by atoms with E-state index in [0.29, 0.717) is 0 Å². The van der Waals surface area contributed by atoms with Crippen LogP contribution in [-0.4, -0.2) is 89.8 Å². The lowest BCUT2D eigenvalue weighted by molar-refractivity contribution is -0.285. The first-order valence-electron chi connectivity index (χ1n) is 7.32. The van der Waals surface area contributed by atoms with Gasteiger partial charge in [-0.25, -0.2) is 13.2 Å². The normalized spacial score (nSPS) is 31.7. The third kappa shape index (κ3) is 5.83. The van der Waals surface area contributed by atoms with Gasteiger partial charge in [0.15, 0.2) is 16.1 Å². The number of aliphatic hydroxyl groups is 3. The number of carboxylic acid groups (broad SMARTS) is 1. The van der Waals surface area contributed by atoms with Gasteiger partial charge in [-0.2, -0.15) is 0 Å². The first-order valence-corrected chi connectivity index (χ1v) is 9.14. The van der Waals surface area contributed by atoms with Crippen molar-refractivity contribution in [1.29, 1.82) is 0 Å². The Morgan fingerprint density at radius 2 is 1.79 bits per heavy atom. The van der Waals surface area contributed by atoms with Crippen molar-refractivity contribution in [1.82, 2.24) is 5.32 Å². The first-order chi connectivity index (χ1) is 10.9. The number of carbonyl (C=O) groups is 1. The summed E-state index contributed by atoms with van der Waals surface area (Å²) < 4.78 is 34.4. The van der Waals surface area contributed by atoms with Gasteiger partial charge in [0.1, 0.15) is 24.4 Å². The Hall–Kier alpha value is -0.980. The zero-order valence-electron chi connectivity index (χ0n) is 13.7. The summed E-state index contributed by atoms with van der Waals surface area (Å²) in [4.78, 5) is 10.7. The van der Waals surface area contributed by atoms with Gasteiger partial charge in [0, 0.05) is 12.6 Å². The van der Waals surface area contributed by atoms with E-state index >= 15 is 0 Å². The van der Waals surface area contributed by atoms with Crippen LogP contribution in [0, 0.1) is 0 Å². The lowest BCUT2D eigenvalue weighted by atomic mass is 10.00. The number of nitrogens with one attached hydrogen (secondary N) is 1. The molecule has 1 aliphatic rings. The summed E-state index contributed by atoms with van der Waals surface area (Å²) in [5.41, 5.74) is -0.949. The molecule has 0 radical (unpaired) electrons. The molecule has 1 saturated heterocycles. The topological polar surface area (TPSA) is 163 Å². The molecular weight excluding hydrogens is 346 g/mol. The number of hydrogen-bond acceptors (Lipinski definition) is 8. The summed E-state index contributed by atoms with van der Waals surface area (Å²) >= 11 is 0. The van der Waals surface area contributed by atoms with Crippen molar-refractivity contribution in [2.24, 2.45) is 0 Å². The van der Waals surface area contributed by atoms with Gasteiger partial charge >= 0.3 is 6.09 Å². The van der Waals surface area contributed by atoms with Crippen LogP contribution >= 0.6 is 0 Å². The lowest BCUT2D eigenvalue weighted by Gasteiger charge is -2.39. The Morgan fingerprint density at radius 3 is 2.29 bits per heavy atom. The second-order valence-electron chi connectivity index (χ2n) is 6.43. The Bertz CT molecular complexity index is 534. The summed E-state index contributed by atoms with van der Waals surface area (Å²) in [7, 11) is -2.51. The Kier molecular flexibility index (Phi) is 6.96. The van der Waals surface area contributed by atoms with Gasteiger partial charge in [0.05, 0.1) is 11.5 Å². The third-order valence-corrected chi connectivity index (χ3v) is 5.46. The summed E-state index contributed by atoms with van der Waals surface area (Å²) in [5.74, 6) is -0.940. The number of hydrogen-bond donors (Lipinski definition) is 5. The lowest BCUT2D eigenvalue weighted by Crippen LogP contribution is -2.59. The Labute approximate surface area is 140 Å². The highest BCUT2D eigenvalue weighted by Gasteiger charge is 2.45. The molecule has 1 heterocycles. The molecule has 1 aliphatic heterocycles. The molecule has 0 spiro atoms. The minimum Gasteiger partial charge on any atom is -0.465 e. The standard InChI is InChI=1S/C13H25NO9S/c1-13(2,14-12(18)19)4-5-24(20,21)6-7-8(15)9(16)10(17)11(22-3)23-7/h7-11,14-17H,4-6H2,1-3H3,(H,18,19)/t7-,8+,9+,10-,11+/m1/s1.